The van der Waals surface area contributed by atoms with Crippen molar-refractivity contribution in [3.8, 4) is 0 Å². The van der Waals surface area contributed by atoms with Crippen LogP contribution in [-0.4, -0.2) is 36.0 Å². The summed E-state index contributed by atoms with van der Waals surface area (Å²) < 4.78 is 13.8. The van der Waals surface area contributed by atoms with E-state index in [0.717, 1.165) is 25.6 Å². The lowest BCUT2D eigenvalue weighted by Crippen LogP contribution is -2.28. The standard InChI is InChI=1S/C15H20FN3O/c1-9-13(16)6-10(15(17)20)7-14(9)18-11-4-5-19(8-11)12-2-3-12/h6-7,11-12,18H,2-5,8H2,1H3,(H2,17,20). The Morgan fingerprint density at radius 2 is 2.15 bits per heavy atom. The number of nitrogens with zero attached hydrogens (tertiary/aromatic N) is 1. The van der Waals surface area contributed by atoms with Crippen LogP contribution in [0.5, 0.6) is 0 Å². The van der Waals surface area contributed by atoms with Crippen LogP contribution in [0.3, 0.4) is 0 Å². The highest BCUT2D eigenvalue weighted by atomic mass is 19.1. The number of hydrogen-bond acceptors (Lipinski definition) is 3. The van der Waals surface area contributed by atoms with Gasteiger partial charge in [0.1, 0.15) is 5.82 Å². The minimum atomic E-state index is -0.599. The van der Waals surface area contributed by atoms with Gasteiger partial charge in [-0.25, -0.2) is 4.39 Å². The molecule has 3 N–H and O–H groups in total. The Bertz CT molecular complexity index is 542. The van der Waals surface area contributed by atoms with Gasteiger partial charge < -0.3 is 11.1 Å². The Labute approximate surface area is 118 Å². The number of halogens is 1. The molecule has 0 aromatic heterocycles. The van der Waals surface area contributed by atoms with E-state index in [9.17, 15) is 9.18 Å². The first kappa shape index (κ1) is 13.4. The molecule has 1 unspecified atom stereocenters. The number of likely N-dealkylation sites (tertiary alicyclic amines) is 1. The van der Waals surface area contributed by atoms with Crippen LogP contribution in [0.15, 0.2) is 12.1 Å². The molecule has 1 saturated carbocycles. The molecule has 20 heavy (non-hydrogen) atoms. The highest BCUT2D eigenvalue weighted by Gasteiger charge is 2.34. The van der Waals surface area contributed by atoms with Crippen LogP contribution in [0.2, 0.25) is 0 Å². The topological polar surface area (TPSA) is 58.4 Å². The van der Waals surface area contributed by atoms with E-state index in [1.54, 1.807) is 13.0 Å². The van der Waals surface area contributed by atoms with Crippen LogP contribution < -0.4 is 11.1 Å². The summed E-state index contributed by atoms with van der Waals surface area (Å²) in [6.45, 7) is 3.81. The third-order valence-corrected chi connectivity index (χ3v) is 4.27. The molecule has 2 aliphatic rings. The quantitative estimate of drug-likeness (QED) is 0.883. The monoisotopic (exact) mass is 277 g/mol. The maximum absolute atomic E-state index is 13.8. The second-order valence-electron chi connectivity index (χ2n) is 5.85. The lowest BCUT2D eigenvalue weighted by atomic mass is 10.1. The molecule has 1 atom stereocenters. The molecule has 1 saturated heterocycles. The van der Waals surface area contributed by atoms with Crippen molar-refractivity contribution in [2.24, 2.45) is 5.73 Å². The molecule has 1 amide bonds. The lowest BCUT2D eigenvalue weighted by Gasteiger charge is -2.18. The second-order valence-corrected chi connectivity index (χ2v) is 5.85. The number of anilines is 1. The molecular formula is C15H20FN3O. The fourth-order valence-corrected chi connectivity index (χ4v) is 2.87. The third kappa shape index (κ3) is 2.63. The number of rotatable bonds is 4. The molecule has 1 aliphatic heterocycles. The molecule has 0 bridgehead atoms. The summed E-state index contributed by atoms with van der Waals surface area (Å²) in [5, 5.41) is 3.37. The minimum absolute atomic E-state index is 0.215. The number of amides is 1. The average molecular weight is 277 g/mol. The first-order valence-electron chi connectivity index (χ1n) is 7.15. The normalized spacial score (nSPS) is 23.0. The molecule has 5 heteroatoms. The molecule has 2 fully saturated rings. The number of carbonyl (C=O) groups is 1. The number of carbonyl (C=O) groups excluding carboxylic acids is 1. The Hall–Kier alpha value is -1.62. The summed E-state index contributed by atoms with van der Waals surface area (Å²) in [7, 11) is 0. The van der Waals surface area contributed by atoms with Crippen LogP contribution >= 0.6 is 0 Å². The van der Waals surface area contributed by atoms with Crippen molar-refractivity contribution >= 4 is 11.6 Å². The molecule has 4 nitrogen and oxygen atoms in total. The SMILES string of the molecule is Cc1c(F)cc(C(N)=O)cc1NC1CCN(C2CC2)C1. The maximum atomic E-state index is 13.8. The van der Waals surface area contributed by atoms with Gasteiger partial charge in [0.15, 0.2) is 0 Å². The van der Waals surface area contributed by atoms with Gasteiger partial charge in [0.25, 0.3) is 0 Å². The molecule has 0 radical (unpaired) electrons. The van der Waals surface area contributed by atoms with Gasteiger partial charge >= 0.3 is 0 Å². The van der Waals surface area contributed by atoms with Crippen molar-refractivity contribution in [3.05, 3.63) is 29.1 Å². The zero-order chi connectivity index (χ0) is 14.3. The van der Waals surface area contributed by atoms with Crippen LogP contribution in [0.4, 0.5) is 10.1 Å². The molecule has 1 heterocycles. The van der Waals surface area contributed by atoms with E-state index in [1.807, 2.05) is 0 Å². The van der Waals surface area contributed by atoms with Gasteiger partial charge in [-0.05, 0) is 38.3 Å². The van der Waals surface area contributed by atoms with E-state index in [4.69, 9.17) is 5.73 Å². The third-order valence-electron chi connectivity index (χ3n) is 4.27. The second kappa shape index (κ2) is 5.05. The van der Waals surface area contributed by atoms with Crippen molar-refractivity contribution in [1.82, 2.24) is 4.90 Å². The number of nitrogens with two attached hydrogens (primary N) is 1. The zero-order valence-electron chi connectivity index (χ0n) is 11.7. The van der Waals surface area contributed by atoms with E-state index >= 15 is 0 Å². The Kier molecular flexibility index (Phi) is 3.38. The summed E-state index contributed by atoms with van der Waals surface area (Å²) in [5.74, 6) is -0.987. The highest BCUT2D eigenvalue weighted by molar-refractivity contribution is 5.94. The fraction of sp³-hybridized carbons (Fsp3) is 0.533. The maximum Gasteiger partial charge on any atom is 0.248 e. The van der Waals surface area contributed by atoms with Crippen molar-refractivity contribution in [3.63, 3.8) is 0 Å². The van der Waals surface area contributed by atoms with Gasteiger partial charge in [0, 0.05) is 42.0 Å². The van der Waals surface area contributed by atoms with Gasteiger partial charge in [-0.1, -0.05) is 0 Å². The molecule has 108 valence electrons. The van der Waals surface area contributed by atoms with Crippen LogP contribution in [-0.2, 0) is 0 Å². The predicted octanol–water partition coefficient (Wildman–Crippen LogP) is 1.88. The van der Waals surface area contributed by atoms with Crippen LogP contribution in [0.25, 0.3) is 0 Å². The van der Waals surface area contributed by atoms with Crippen molar-refractivity contribution in [2.75, 3.05) is 18.4 Å². The van der Waals surface area contributed by atoms with E-state index in [2.05, 4.69) is 10.2 Å². The summed E-state index contributed by atoms with van der Waals surface area (Å²) in [5.41, 5.74) is 6.68. The Balaban J connectivity index is 1.74. The molecular weight excluding hydrogens is 257 g/mol. The Morgan fingerprint density at radius 3 is 2.80 bits per heavy atom. The fourth-order valence-electron chi connectivity index (χ4n) is 2.87. The van der Waals surface area contributed by atoms with Crippen molar-refractivity contribution in [2.45, 2.75) is 38.3 Å². The molecule has 0 spiro atoms. The molecule has 1 aromatic rings. The van der Waals surface area contributed by atoms with Gasteiger partial charge in [0.2, 0.25) is 5.91 Å². The van der Waals surface area contributed by atoms with E-state index in [0.29, 0.717) is 17.3 Å². The predicted molar refractivity (Wildman–Crippen MR) is 76.3 cm³/mol. The first-order chi connectivity index (χ1) is 9.54. The largest absolute Gasteiger partial charge is 0.381 e. The number of hydrogen-bond donors (Lipinski definition) is 2. The zero-order valence-corrected chi connectivity index (χ0v) is 11.7. The minimum Gasteiger partial charge on any atom is -0.381 e. The smallest absolute Gasteiger partial charge is 0.248 e. The average Bonchev–Trinajstić information content (AvgIpc) is 3.15. The number of nitrogens with one attached hydrogen (secondary N) is 1. The number of benzene rings is 1. The van der Waals surface area contributed by atoms with Crippen molar-refractivity contribution < 1.29 is 9.18 Å². The molecule has 1 aliphatic carbocycles. The molecule has 3 rings (SSSR count). The number of primary amides is 1. The van der Waals surface area contributed by atoms with Gasteiger partial charge in [0.05, 0.1) is 0 Å². The van der Waals surface area contributed by atoms with E-state index in [-0.39, 0.29) is 11.4 Å². The van der Waals surface area contributed by atoms with E-state index < -0.39 is 5.91 Å². The van der Waals surface area contributed by atoms with Crippen molar-refractivity contribution in [1.29, 1.82) is 0 Å². The first-order valence-corrected chi connectivity index (χ1v) is 7.15. The summed E-state index contributed by atoms with van der Waals surface area (Å²) in [4.78, 5) is 13.7. The summed E-state index contributed by atoms with van der Waals surface area (Å²) >= 11 is 0. The highest BCUT2D eigenvalue weighted by Crippen LogP contribution is 2.31. The van der Waals surface area contributed by atoms with E-state index in [1.165, 1.54) is 18.9 Å². The molecule has 1 aromatic carbocycles. The van der Waals surface area contributed by atoms with Crippen LogP contribution in [0, 0.1) is 12.7 Å². The van der Waals surface area contributed by atoms with Gasteiger partial charge in [-0.15, -0.1) is 0 Å². The summed E-state index contributed by atoms with van der Waals surface area (Å²) in [6, 6.07) is 3.93. The van der Waals surface area contributed by atoms with Crippen LogP contribution in [0.1, 0.15) is 35.2 Å². The lowest BCUT2D eigenvalue weighted by molar-refractivity contribution is 0.1000. The summed E-state index contributed by atoms with van der Waals surface area (Å²) in [6.07, 6.45) is 3.66. The van der Waals surface area contributed by atoms with Gasteiger partial charge in [-0.3, -0.25) is 9.69 Å². The Morgan fingerprint density at radius 1 is 1.40 bits per heavy atom. The van der Waals surface area contributed by atoms with Gasteiger partial charge in [-0.2, -0.15) is 0 Å².